The number of aromatic amines is 1. The van der Waals surface area contributed by atoms with E-state index in [1.165, 1.54) is 9.80 Å². The Morgan fingerprint density at radius 2 is 1.67 bits per heavy atom. The summed E-state index contributed by atoms with van der Waals surface area (Å²) in [5.74, 6) is 0.141. The number of hydrogen-bond donors (Lipinski definition) is 2. The summed E-state index contributed by atoms with van der Waals surface area (Å²) in [6, 6.07) is 13.2. The fourth-order valence-electron chi connectivity index (χ4n) is 6.18. The molecule has 12 heteroatoms. The molecule has 1 atom stereocenters. The number of aromatic nitrogens is 4. The molecule has 2 N–H and O–H groups in total. The van der Waals surface area contributed by atoms with E-state index in [1.807, 2.05) is 36.4 Å². The van der Waals surface area contributed by atoms with E-state index in [1.54, 1.807) is 33.1 Å². The van der Waals surface area contributed by atoms with E-state index in [4.69, 9.17) is 0 Å². The third-order valence-electron chi connectivity index (χ3n) is 8.22. The summed E-state index contributed by atoms with van der Waals surface area (Å²) < 4.78 is 0. The van der Waals surface area contributed by atoms with Crippen LogP contribution in [0.15, 0.2) is 36.4 Å². The van der Waals surface area contributed by atoms with Crippen LogP contribution >= 0.6 is 0 Å². The number of nitriles is 1. The monoisotopic (exact) mass is 569 g/mol. The first kappa shape index (κ1) is 28.9. The van der Waals surface area contributed by atoms with Gasteiger partial charge in [0, 0.05) is 45.9 Å². The van der Waals surface area contributed by atoms with Crippen molar-refractivity contribution in [3.63, 3.8) is 0 Å². The third kappa shape index (κ3) is 5.12. The van der Waals surface area contributed by atoms with Gasteiger partial charge in [-0.2, -0.15) is 10.5 Å². The van der Waals surface area contributed by atoms with E-state index in [0.29, 0.717) is 49.3 Å². The van der Waals surface area contributed by atoms with E-state index in [-0.39, 0.29) is 30.3 Å². The summed E-state index contributed by atoms with van der Waals surface area (Å²) in [6.07, 6.45) is 2.52. The van der Waals surface area contributed by atoms with Crippen LogP contribution in [0, 0.1) is 11.3 Å². The number of rotatable bonds is 8. The lowest BCUT2D eigenvalue weighted by molar-refractivity contribution is -0.130. The first-order chi connectivity index (χ1) is 20.2. The zero-order valence-corrected chi connectivity index (χ0v) is 24.3. The molecule has 3 aromatic rings. The van der Waals surface area contributed by atoms with Crippen LogP contribution in [0.2, 0.25) is 0 Å². The minimum Gasteiger partial charge on any atom is -0.345 e. The maximum atomic E-state index is 12.9. The SMILES string of the molecule is CN(C)C(=O)c1ccc2c(c1)Cc1cc(C(=O)N(C)C)ccc1C2(CCNCC(=O)N1CCCC1C#N)c1nn[nH]n1. The van der Waals surface area contributed by atoms with Gasteiger partial charge in [-0.1, -0.05) is 17.3 Å². The molecule has 1 aliphatic carbocycles. The first-order valence-electron chi connectivity index (χ1n) is 14.0. The van der Waals surface area contributed by atoms with E-state index in [2.05, 4.69) is 32.0 Å². The van der Waals surface area contributed by atoms with Crippen LogP contribution in [-0.4, -0.2) is 107 Å². The van der Waals surface area contributed by atoms with Gasteiger partial charge >= 0.3 is 0 Å². The van der Waals surface area contributed by atoms with Gasteiger partial charge in [0.15, 0.2) is 5.82 Å². The summed E-state index contributed by atoms with van der Waals surface area (Å²) in [6.45, 7) is 1.13. The van der Waals surface area contributed by atoms with E-state index < -0.39 is 5.41 Å². The van der Waals surface area contributed by atoms with Gasteiger partial charge in [0.2, 0.25) is 5.91 Å². The lowest BCUT2D eigenvalue weighted by atomic mass is 9.63. The smallest absolute Gasteiger partial charge is 0.253 e. The predicted molar refractivity (Wildman–Crippen MR) is 154 cm³/mol. The number of nitrogens with one attached hydrogen (secondary N) is 2. The Morgan fingerprint density at radius 3 is 2.19 bits per heavy atom. The molecule has 2 aromatic carbocycles. The summed E-state index contributed by atoms with van der Waals surface area (Å²) in [5, 5.41) is 28.0. The normalized spacial score (nSPS) is 16.7. The standard InChI is InChI=1S/C30H35N9O3/c1-37(2)27(41)19-7-9-24-21(14-19)16-22-15-20(28(42)38(3)4)8-10-25(22)30(24,29-33-35-36-34-29)11-12-32-18-26(40)39-13-5-6-23(39)17-31/h7-10,14-15,23,32H,5-6,11-13,16,18H2,1-4H3,(H,33,34,35,36). The average Bonchev–Trinajstić information content (AvgIpc) is 3.70. The van der Waals surface area contributed by atoms with Crippen LogP contribution in [0.25, 0.3) is 0 Å². The van der Waals surface area contributed by atoms with Crippen molar-refractivity contribution >= 4 is 17.7 Å². The molecule has 0 saturated carbocycles. The molecule has 1 unspecified atom stereocenters. The minimum absolute atomic E-state index is 0.101. The molecular weight excluding hydrogens is 534 g/mol. The molecule has 0 spiro atoms. The van der Waals surface area contributed by atoms with Gasteiger partial charge < -0.3 is 20.0 Å². The molecule has 2 heterocycles. The van der Waals surface area contributed by atoms with Crippen LogP contribution in [0.5, 0.6) is 0 Å². The number of nitrogens with zero attached hydrogens (tertiary/aromatic N) is 7. The highest BCUT2D eigenvalue weighted by molar-refractivity contribution is 5.95. The van der Waals surface area contributed by atoms with Gasteiger partial charge in [-0.05, 0) is 78.7 Å². The van der Waals surface area contributed by atoms with Crippen molar-refractivity contribution in [3.05, 3.63) is 75.6 Å². The molecule has 2 aliphatic rings. The highest BCUT2D eigenvalue weighted by Crippen LogP contribution is 2.47. The second-order valence-corrected chi connectivity index (χ2v) is 11.3. The maximum Gasteiger partial charge on any atom is 0.253 e. The van der Waals surface area contributed by atoms with Gasteiger partial charge in [0.1, 0.15) is 6.04 Å². The Bertz CT molecular complexity index is 1470. The van der Waals surface area contributed by atoms with Crippen LogP contribution in [0.4, 0.5) is 0 Å². The van der Waals surface area contributed by atoms with E-state index in [9.17, 15) is 19.6 Å². The molecule has 1 saturated heterocycles. The molecule has 5 rings (SSSR count). The third-order valence-corrected chi connectivity index (χ3v) is 8.22. The summed E-state index contributed by atoms with van der Waals surface area (Å²) in [4.78, 5) is 43.4. The molecule has 1 aliphatic heterocycles. The Labute approximate surface area is 244 Å². The molecule has 3 amide bonds. The van der Waals surface area contributed by atoms with Gasteiger partial charge in [-0.15, -0.1) is 10.2 Å². The van der Waals surface area contributed by atoms with Crippen LogP contribution in [-0.2, 0) is 16.6 Å². The number of benzene rings is 2. The van der Waals surface area contributed by atoms with Crippen LogP contribution in [0.1, 0.15) is 68.1 Å². The Kier molecular flexibility index (Phi) is 8.04. The number of hydrogen-bond acceptors (Lipinski definition) is 8. The van der Waals surface area contributed by atoms with Crippen molar-refractivity contribution in [2.24, 2.45) is 0 Å². The van der Waals surface area contributed by atoms with Crippen molar-refractivity contribution < 1.29 is 14.4 Å². The molecular formula is C30H35N9O3. The van der Waals surface area contributed by atoms with Gasteiger partial charge in [-0.3, -0.25) is 14.4 Å². The maximum absolute atomic E-state index is 12.9. The fraction of sp³-hybridized carbons (Fsp3) is 0.433. The minimum atomic E-state index is -0.867. The number of likely N-dealkylation sites (tertiary alicyclic amines) is 1. The lowest BCUT2D eigenvalue weighted by Crippen LogP contribution is -2.43. The number of fused-ring (bicyclic) bond motifs is 2. The summed E-state index contributed by atoms with van der Waals surface area (Å²) in [5.41, 5.74) is 4.00. The topological polar surface area (TPSA) is 151 Å². The number of tetrazole rings is 1. The molecule has 218 valence electrons. The highest BCUT2D eigenvalue weighted by Gasteiger charge is 2.45. The Morgan fingerprint density at radius 1 is 1.05 bits per heavy atom. The lowest BCUT2D eigenvalue weighted by Gasteiger charge is -2.39. The van der Waals surface area contributed by atoms with Gasteiger partial charge in [-0.25, -0.2) is 0 Å². The highest BCUT2D eigenvalue weighted by atomic mass is 16.2. The van der Waals surface area contributed by atoms with Crippen molar-refractivity contribution in [2.45, 2.75) is 37.1 Å². The molecule has 1 aromatic heterocycles. The fourth-order valence-corrected chi connectivity index (χ4v) is 6.18. The Balaban J connectivity index is 1.55. The number of amides is 3. The largest absolute Gasteiger partial charge is 0.345 e. The van der Waals surface area contributed by atoms with Gasteiger partial charge in [0.05, 0.1) is 18.0 Å². The molecule has 12 nitrogen and oxygen atoms in total. The zero-order valence-electron chi connectivity index (χ0n) is 24.3. The van der Waals surface area contributed by atoms with Crippen molar-refractivity contribution in [1.29, 1.82) is 5.26 Å². The predicted octanol–water partition coefficient (Wildman–Crippen LogP) is 1.34. The number of carbonyl (C=O) groups excluding carboxylic acids is 3. The van der Waals surface area contributed by atoms with Crippen LogP contribution < -0.4 is 5.32 Å². The van der Waals surface area contributed by atoms with Crippen molar-refractivity contribution in [3.8, 4) is 6.07 Å². The quantitative estimate of drug-likeness (QED) is 0.386. The molecule has 0 radical (unpaired) electrons. The average molecular weight is 570 g/mol. The summed E-state index contributed by atoms with van der Waals surface area (Å²) in [7, 11) is 6.86. The van der Waals surface area contributed by atoms with Crippen molar-refractivity contribution in [1.82, 2.24) is 40.6 Å². The first-order valence-corrected chi connectivity index (χ1v) is 14.0. The van der Waals surface area contributed by atoms with Crippen LogP contribution in [0.3, 0.4) is 0 Å². The zero-order chi connectivity index (χ0) is 30.0. The number of H-pyrrole nitrogens is 1. The second-order valence-electron chi connectivity index (χ2n) is 11.3. The molecule has 0 bridgehead atoms. The van der Waals surface area contributed by atoms with Crippen molar-refractivity contribution in [2.75, 3.05) is 47.8 Å². The molecule has 1 fully saturated rings. The number of carbonyl (C=O) groups is 3. The summed E-state index contributed by atoms with van der Waals surface area (Å²) >= 11 is 0. The second kappa shape index (κ2) is 11.7. The Hall–Kier alpha value is -4.63. The molecule has 42 heavy (non-hydrogen) atoms. The van der Waals surface area contributed by atoms with Gasteiger partial charge in [0.25, 0.3) is 11.8 Å². The van der Waals surface area contributed by atoms with E-state index >= 15 is 0 Å². The van der Waals surface area contributed by atoms with E-state index in [0.717, 1.165) is 28.7 Å².